The molecule has 2 amide bonds. The third-order valence-corrected chi connectivity index (χ3v) is 9.23. The molecular weight excluding hydrogens is 589 g/mol. The molecule has 0 saturated carbocycles. The first-order valence-corrected chi connectivity index (χ1v) is 14.7. The zero-order chi connectivity index (χ0) is 27.0. The molecule has 1 aliphatic rings. The second kappa shape index (κ2) is 10.4. The van der Waals surface area contributed by atoms with E-state index in [0.717, 1.165) is 37.9 Å². The highest BCUT2D eigenvalue weighted by Crippen LogP contribution is 2.30. The van der Waals surface area contributed by atoms with Crippen molar-refractivity contribution in [2.45, 2.75) is 28.7 Å². The van der Waals surface area contributed by atoms with E-state index in [1.807, 2.05) is 0 Å². The summed E-state index contributed by atoms with van der Waals surface area (Å²) in [5.41, 5.74) is 0.881. The maximum absolute atomic E-state index is 13.6. The third kappa shape index (κ3) is 5.80. The number of anilines is 1. The van der Waals surface area contributed by atoms with Crippen LogP contribution in [0.5, 0.6) is 0 Å². The number of rotatable bonds is 8. The van der Waals surface area contributed by atoms with E-state index >= 15 is 0 Å². The predicted molar refractivity (Wildman–Crippen MR) is 137 cm³/mol. The lowest BCUT2D eigenvalue weighted by Crippen LogP contribution is -2.46. The van der Waals surface area contributed by atoms with Crippen molar-refractivity contribution in [1.82, 2.24) is 4.31 Å². The number of imide groups is 1. The van der Waals surface area contributed by atoms with Crippen molar-refractivity contribution in [3.63, 3.8) is 0 Å². The van der Waals surface area contributed by atoms with Crippen LogP contribution in [0.25, 0.3) is 0 Å². The second-order valence-electron chi connectivity index (χ2n) is 8.27. The number of amides is 2. The molecular formula is C24H21BrFN3O6S2. The lowest BCUT2D eigenvalue weighted by molar-refractivity contribution is -0.122. The van der Waals surface area contributed by atoms with Gasteiger partial charge in [0.1, 0.15) is 11.9 Å². The smallest absolute Gasteiger partial charge is 0.252 e. The minimum Gasteiger partial charge on any atom is -0.274 e. The molecule has 194 valence electrons. The van der Waals surface area contributed by atoms with E-state index in [2.05, 4.69) is 15.9 Å². The summed E-state index contributed by atoms with van der Waals surface area (Å²) in [5, 5.41) is 5.12. The Kier molecular flexibility index (Phi) is 7.62. The molecule has 37 heavy (non-hydrogen) atoms. The molecule has 1 saturated heterocycles. The van der Waals surface area contributed by atoms with E-state index in [9.17, 15) is 30.8 Å². The van der Waals surface area contributed by atoms with Crippen LogP contribution in [0.4, 0.5) is 10.1 Å². The van der Waals surface area contributed by atoms with Crippen molar-refractivity contribution in [3.05, 3.63) is 88.6 Å². The van der Waals surface area contributed by atoms with Crippen molar-refractivity contribution in [2.24, 2.45) is 5.14 Å². The molecule has 0 aromatic heterocycles. The van der Waals surface area contributed by atoms with Gasteiger partial charge in [-0.2, -0.15) is 4.31 Å². The van der Waals surface area contributed by atoms with Crippen LogP contribution in [0, 0.1) is 5.82 Å². The fraction of sp³-hybridized carbons (Fsp3) is 0.167. The van der Waals surface area contributed by atoms with Gasteiger partial charge in [0, 0.05) is 11.0 Å². The fourth-order valence-corrected chi connectivity index (χ4v) is 6.33. The number of nitrogens with zero attached hydrogens (tertiary/aromatic N) is 2. The number of hydrogen-bond donors (Lipinski definition) is 1. The van der Waals surface area contributed by atoms with Gasteiger partial charge in [-0.05, 0) is 72.6 Å². The summed E-state index contributed by atoms with van der Waals surface area (Å²) in [6.45, 7) is -0.202. The number of benzene rings is 3. The predicted octanol–water partition coefficient (Wildman–Crippen LogP) is 2.80. The van der Waals surface area contributed by atoms with Crippen LogP contribution < -0.4 is 10.0 Å². The van der Waals surface area contributed by atoms with E-state index in [1.54, 1.807) is 24.3 Å². The summed E-state index contributed by atoms with van der Waals surface area (Å²) < 4.78 is 65.4. The summed E-state index contributed by atoms with van der Waals surface area (Å²) in [7, 11) is -8.23. The van der Waals surface area contributed by atoms with Crippen LogP contribution in [0.1, 0.15) is 12.0 Å². The molecule has 9 nitrogen and oxygen atoms in total. The minimum atomic E-state index is -4.33. The Morgan fingerprint density at radius 2 is 1.46 bits per heavy atom. The van der Waals surface area contributed by atoms with Gasteiger partial charge in [0.15, 0.2) is 0 Å². The lowest BCUT2D eigenvalue weighted by Gasteiger charge is -2.27. The van der Waals surface area contributed by atoms with Gasteiger partial charge >= 0.3 is 0 Å². The lowest BCUT2D eigenvalue weighted by atomic mass is 10.1. The van der Waals surface area contributed by atoms with Gasteiger partial charge in [-0.25, -0.2) is 31.3 Å². The Balaban J connectivity index is 1.67. The van der Waals surface area contributed by atoms with E-state index in [4.69, 9.17) is 5.14 Å². The van der Waals surface area contributed by atoms with Crippen molar-refractivity contribution in [1.29, 1.82) is 0 Å². The molecule has 3 aromatic rings. The Morgan fingerprint density at radius 3 is 2.03 bits per heavy atom. The number of hydrogen-bond acceptors (Lipinski definition) is 6. The van der Waals surface area contributed by atoms with Crippen LogP contribution >= 0.6 is 15.9 Å². The molecule has 4 rings (SSSR count). The number of nitrogens with two attached hydrogens (primary N) is 1. The number of carbonyl (C=O) groups is 2. The van der Waals surface area contributed by atoms with Crippen molar-refractivity contribution in [2.75, 3.05) is 11.4 Å². The molecule has 0 spiro atoms. The van der Waals surface area contributed by atoms with Crippen molar-refractivity contribution >= 4 is 53.5 Å². The maximum atomic E-state index is 13.6. The van der Waals surface area contributed by atoms with Gasteiger partial charge in [0.25, 0.3) is 5.91 Å². The Bertz CT molecular complexity index is 1550. The first-order valence-electron chi connectivity index (χ1n) is 10.9. The highest BCUT2D eigenvalue weighted by Gasteiger charge is 2.46. The zero-order valence-electron chi connectivity index (χ0n) is 19.1. The standard InChI is InChI=1S/C24H21BrFN3O6S2/c25-17-3-7-19(8-4-17)29-23(30)15-22(24(29)31)28(37(34,35)21-11-5-18(26)6-12-21)14-13-16-1-9-20(10-2-16)36(27,32)33/h1-12,22H,13-15H2,(H2,27,32,33). The van der Waals surface area contributed by atoms with Crippen LogP contribution in [-0.2, 0) is 36.1 Å². The summed E-state index contributed by atoms with van der Waals surface area (Å²) >= 11 is 3.29. The SMILES string of the molecule is NS(=O)(=O)c1ccc(CCN(C2CC(=O)N(c3ccc(Br)cc3)C2=O)S(=O)(=O)c2ccc(F)cc2)cc1. The average Bonchev–Trinajstić information content (AvgIpc) is 3.13. The minimum absolute atomic E-state index is 0.0988. The van der Waals surface area contributed by atoms with Gasteiger partial charge in [-0.3, -0.25) is 9.59 Å². The van der Waals surface area contributed by atoms with Crippen LogP contribution in [0.3, 0.4) is 0 Å². The van der Waals surface area contributed by atoms with Gasteiger partial charge in [-0.15, -0.1) is 0 Å². The first kappa shape index (κ1) is 27.1. The molecule has 1 unspecified atom stereocenters. The first-order chi connectivity index (χ1) is 17.4. The average molecular weight is 610 g/mol. The quantitative estimate of drug-likeness (QED) is 0.390. The Hall–Kier alpha value is -2.97. The zero-order valence-corrected chi connectivity index (χ0v) is 22.3. The van der Waals surface area contributed by atoms with Crippen molar-refractivity contribution in [3.8, 4) is 0 Å². The van der Waals surface area contributed by atoms with Gasteiger partial charge in [-0.1, -0.05) is 28.1 Å². The summed E-state index contributed by atoms with van der Waals surface area (Å²) in [6, 6.07) is 14.8. The van der Waals surface area contributed by atoms with Gasteiger partial charge in [0.05, 0.1) is 21.9 Å². The Labute approximate surface area is 221 Å². The molecule has 2 N–H and O–H groups in total. The number of sulfonamides is 2. The number of halogens is 2. The monoisotopic (exact) mass is 609 g/mol. The molecule has 1 heterocycles. The maximum Gasteiger partial charge on any atom is 0.252 e. The van der Waals surface area contributed by atoms with E-state index in [0.29, 0.717) is 11.3 Å². The number of carbonyl (C=O) groups excluding carboxylic acids is 2. The highest BCUT2D eigenvalue weighted by molar-refractivity contribution is 9.10. The highest BCUT2D eigenvalue weighted by atomic mass is 79.9. The normalized spacial score (nSPS) is 16.5. The molecule has 13 heteroatoms. The molecule has 1 aliphatic heterocycles. The second-order valence-corrected chi connectivity index (χ2v) is 12.6. The van der Waals surface area contributed by atoms with Crippen molar-refractivity contribution < 1.29 is 30.8 Å². The van der Waals surface area contributed by atoms with E-state index < -0.39 is 43.7 Å². The summed E-state index contributed by atoms with van der Waals surface area (Å²) in [4.78, 5) is 26.9. The van der Waals surface area contributed by atoms with Crippen LogP contribution in [0.2, 0.25) is 0 Å². The number of primary sulfonamides is 1. The topological polar surface area (TPSA) is 135 Å². The van der Waals surface area contributed by atoms with Gasteiger partial charge in [0.2, 0.25) is 26.0 Å². The van der Waals surface area contributed by atoms with Crippen LogP contribution in [0.15, 0.2) is 87.1 Å². The largest absolute Gasteiger partial charge is 0.274 e. The molecule has 3 aromatic carbocycles. The molecule has 0 aliphatic carbocycles. The third-order valence-electron chi connectivity index (χ3n) is 5.85. The molecule has 0 bridgehead atoms. The molecule has 0 radical (unpaired) electrons. The van der Waals surface area contributed by atoms with E-state index in [1.165, 1.54) is 24.3 Å². The Morgan fingerprint density at radius 1 is 0.892 bits per heavy atom. The molecule has 1 fully saturated rings. The van der Waals surface area contributed by atoms with Crippen LogP contribution in [-0.4, -0.2) is 45.5 Å². The summed E-state index contributed by atoms with van der Waals surface area (Å²) in [6.07, 6.45) is -0.277. The van der Waals surface area contributed by atoms with Gasteiger partial charge < -0.3 is 0 Å². The molecule has 1 atom stereocenters. The van der Waals surface area contributed by atoms with E-state index in [-0.39, 0.29) is 29.2 Å². The fourth-order valence-electron chi connectivity index (χ4n) is 3.97. The summed E-state index contributed by atoms with van der Waals surface area (Å²) in [5.74, 6) is -1.90.